The first-order valence-electron chi connectivity index (χ1n) is 7.71. The summed E-state index contributed by atoms with van der Waals surface area (Å²) in [6.07, 6.45) is 4.70. The second-order valence-corrected chi connectivity index (χ2v) is 5.67. The van der Waals surface area contributed by atoms with Crippen molar-refractivity contribution >= 4 is 11.6 Å². The zero-order valence-electron chi connectivity index (χ0n) is 12.0. The van der Waals surface area contributed by atoms with Crippen molar-refractivity contribution in [2.24, 2.45) is 0 Å². The molecule has 0 unspecified atom stereocenters. The number of anilines is 1. The number of likely N-dealkylation sites (tertiary alicyclic amines) is 1. The van der Waals surface area contributed by atoms with E-state index in [1.165, 1.54) is 31.5 Å². The van der Waals surface area contributed by atoms with Crippen molar-refractivity contribution in [3.8, 4) is 0 Å². The highest BCUT2D eigenvalue weighted by Gasteiger charge is 2.17. The van der Waals surface area contributed by atoms with Crippen LogP contribution in [0.3, 0.4) is 0 Å². The van der Waals surface area contributed by atoms with E-state index in [1.54, 1.807) is 0 Å². The third kappa shape index (κ3) is 2.96. The summed E-state index contributed by atoms with van der Waals surface area (Å²) in [5.74, 6) is 0.0738. The molecule has 1 saturated heterocycles. The Hall–Kier alpha value is -1.55. The van der Waals surface area contributed by atoms with Crippen LogP contribution >= 0.6 is 0 Å². The largest absolute Gasteiger partial charge is 0.385 e. The minimum Gasteiger partial charge on any atom is -0.385 e. The summed E-state index contributed by atoms with van der Waals surface area (Å²) in [7, 11) is 0. The topological polar surface area (TPSA) is 44.4 Å². The number of hydrogen-bond acceptors (Lipinski definition) is 3. The number of nitrogens with zero attached hydrogens (tertiary/aromatic N) is 1. The molecule has 1 amide bonds. The molecule has 108 valence electrons. The molecule has 0 spiro atoms. The van der Waals surface area contributed by atoms with Crippen molar-refractivity contribution < 1.29 is 4.79 Å². The number of fused-ring (bicyclic) bond motifs is 1. The molecule has 2 aliphatic rings. The summed E-state index contributed by atoms with van der Waals surface area (Å²) in [5, 5.41) is 6.44. The molecule has 0 atom stereocenters. The normalized spacial score (nSPS) is 18.4. The van der Waals surface area contributed by atoms with E-state index in [-0.39, 0.29) is 5.91 Å². The first kappa shape index (κ1) is 13.4. The molecule has 4 heteroatoms. The van der Waals surface area contributed by atoms with Crippen LogP contribution in [0, 0.1) is 0 Å². The fourth-order valence-corrected chi connectivity index (χ4v) is 3.15. The minimum absolute atomic E-state index is 0.0738. The van der Waals surface area contributed by atoms with Crippen LogP contribution in [0.15, 0.2) is 18.2 Å². The van der Waals surface area contributed by atoms with Crippen LogP contribution in [0.5, 0.6) is 0 Å². The van der Waals surface area contributed by atoms with Gasteiger partial charge in [0.2, 0.25) is 0 Å². The average Bonchev–Trinajstić information content (AvgIpc) is 3.00. The average molecular weight is 273 g/mol. The Morgan fingerprint density at radius 1 is 1.25 bits per heavy atom. The van der Waals surface area contributed by atoms with Crippen LogP contribution in [-0.4, -0.2) is 43.5 Å². The van der Waals surface area contributed by atoms with Gasteiger partial charge in [0.25, 0.3) is 5.91 Å². The minimum atomic E-state index is 0.0738. The Morgan fingerprint density at radius 2 is 2.10 bits per heavy atom. The maximum Gasteiger partial charge on any atom is 0.251 e. The van der Waals surface area contributed by atoms with E-state index in [0.717, 1.165) is 43.7 Å². The van der Waals surface area contributed by atoms with Crippen LogP contribution in [0.1, 0.15) is 35.2 Å². The van der Waals surface area contributed by atoms with E-state index in [4.69, 9.17) is 0 Å². The first-order valence-corrected chi connectivity index (χ1v) is 7.71. The molecule has 0 radical (unpaired) electrons. The number of nitrogens with one attached hydrogen (secondary N) is 2. The molecule has 2 N–H and O–H groups in total. The molecule has 0 aromatic heterocycles. The molecule has 1 fully saturated rings. The summed E-state index contributed by atoms with van der Waals surface area (Å²) in [4.78, 5) is 14.8. The van der Waals surface area contributed by atoms with Crippen molar-refractivity contribution in [2.45, 2.75) is 25.7 Å². The summed E-state index contributed by atoms with van der Waals surface area (Å²) in [6, 6.07) is 5.97. The third-order valence-electron chi connectivity index (χ3n) is 4.25. The van der Waals surface area contributed by atoms with Crippen molar-refractivity contribution in [3.05, 3.63) is 29.3 Å². The molecular weight excluding hydrogens is 250 g/mol. The van der Waals surface area contributed by atoms with Gasteiger partial charge < -0.3 is 15.5 Å². The molecular formula is C16H23N3O. The molecule has 0 aliphatic carbocycles. The standard InChI is InChI=1S/C16H23N3O/c20-16(18-9-12-19-10-1-2-11-19)14-5-3-7-15-13(14)6-4-8-17-15/h3,5,7,17H,1-2,4,6,8-12H2,(H,18,20). The van der Waals surface area contributed by atoms with Gasteiger partial charge in [0.1, 0.15) is 0 Å². The van der Waals surface area contributed by atoms with Crippen molar-refractivity contribution in [3.63, 3.8) is 0 Å². The second-order valence-electron chi connectivity index (χ2n) is 5.67. The lowest BCUT2D eigenvalue weighted by Gasteiger charge is -2.21. The summed E-state index contributed by atoms with van der Waals surface area (Å²) in [5.41, 5.74) is 3.15. The SMILES string of the molecule is O=C(NCCN1CCCC1)c1cccc2c1CCCN2. The number of hydrogen-bond donors (Lipinski definition) is 2. The third-order valence-corrected chi connectivity index (χ3v) is 4.25. The number of amides is 1. The molecule has 3 rings (SSSR count). The van der Waals surface area contributed by atoms with E-state index in [9.17, 15) is 4.79 Å². The van der Waals surface area contributed by atoms with Crippen molar-refractivity contribution in [1.82, 2.24) is 10.2 Å². The van der Waals surface area contributed by atoms with Gasteiger partial charge in [-0.15, -0.1) is 0 Å². The number of carbonyl (C=O) groups is 1. The highest BCUT2D eigenvalue weighted by molar-refractivity contribution is 5.97. The molecule has 4 nitrogen and oxygen atoms in total. The van der Waals surface area contributed by atoms with E-state index in [1.807, 2.05) is 12.1 Å². The van der Waals surface area contributed by atoms with Gasteiger partial charge in [-0.2, -0.15) is 0 Å². The van der Waals surface area contributed by atoms with Crippen molar-refractivity contribution in [1.29, 1.82) is 0 Å². The van der Waals surface area contributed by atoms with E-state index in [2.05, 4.69) is 21.6 Å². The smallest absolute Gasteiger partial charge is 0.251 e. The second kappa shape index (κ2) is 6.27. The Kier molecular flexibility index (Phi) is 4.21. The van der Waals surface area contributed by atoms with Gasteiger partial charge in [-0.1, -0.05) is 6.07 Å². The summed E-state index contributed by atoms with van der Waals surface area (Å²) >= 11 is 0. The fourth-order valence-electron chi connectivity index (χ4n) is 3.15. The van der Waals surface area contributed by atoms with Gasteiger partial charge in [0.05, 0.1) is 0 Å². The van der Waals surface area contributed by atoms with Gasteiger partial charge in [-0.25, -0.2) is 0 Å². The maximum atomic E-state index is 12.3. The van der Waals surface area contributed by atoms with E-state index < -0.39 is 0 Å². The van der Waals surface area contributed by atoms with Gasteiger partial charge in [0, 0.05) is 30.9 Å². The van der Waals surface area contributed by atoms with Gasteiger partial charge in [0.15, 0.2) is 0 Å². The van der Waals surface area contributed by atoms with E-state index in [0.29, 0.717) is 0 Å². The van der Waals surface area contributed by atoms with Crippen LogP contribution in [0.4, 0.5) is 5.69 Å². The highest BCUT2D eigenvalue weighted by Crippen LogP contribution is 2.25. The lowest BCUT2D eigenvalue weighted by Crippen LogP contribution is -2.34. The summed E-state index contributed by atoms with van der Waals surface area (Å²) in [6.45, 7) is 5.09. The molecule has 0 bridgehead atoms. The zero-order valence-corrected chi connectivity index (χ0v) is 12.0. The van der Waals surface area contributed by atoms with Crippen molar-refractivity contribution in [2.75, 3.05) is 38.0 Å². The van der Waals surface area contributed by atoms with Gasteiger partial charge in [-0.3, -0.25) is 4.79 Å². The van der Waals surface area contributed by atoms with Crippen LogP contribution < -0.4 is 10.6 Å². The zero-order chi connectivity index (χ0) is 13.8. The maximum absolute atomic E-state index is 12.3. The quantitative estimate of drug-likeness (QED) is 0.880. The Labute approximate surface area is 120 Å². The Bertz CT molecular complexity index is 481. The first-order chi connectivity index (χ1) is 9.84. The fraction of sp³-hybridized carbons (Fsp3) is 0.562. The molecule has 1 aromatic carbocycles. The molecule has 2 heterocycles. The molecule has 2 aliphatic heterocycles. The number of carbonyl (C=O) groups excluding carboxylic acids is 1. The summed E-state index contributed by atoms with van der Waals surface area (Å²) < 4.78 is 0. The lowest BCUT2D eigenvalue weighted by atomic mass is 9.97. The number of rotatable bonds is 4. The van der Waals surface area contributed by atoms with Gasteiger partial charge in [-0.05, 0) is 56.5 Å². The Morgan fingerprint density at radius 3 is 2.95 bits per heavy atom. The van der Waals surface area contributed by atoms with E-state index >= 15 is 0 Å². The Balaban J connectivity index is 1.59. The van der Waals surface area contributed by atoms with Crippen LogP contribution in [-0.2, 0) is 6.42 Å². The monoisotopic (exact) mass is 273 g/mol. The van der Waals surface area contributed by atoms with Crippen LogP contribution in [0.25, 0.3) is 0 Å². The highest BCUT2D eigenvalue weighted by atomic mass is 16.1. The molecule has 1 aromatic rings. The lowest BCUT2D eigenvalue weighted by molar-refractivity contribution is 0.0949. The predicted molar refractivity (Wildman–Crippen MR) is 81.3 cm³/mol. The molecule has 0 saturated carbocycles. The molecule has 20 heavy (non-hydrogen) atoms. The number of benzene rings is 1. The van der Waals surface area contributed by atoms with Crippen LogP contribution in [0.2, 0.25) is 0 Å². The predicted octanol–water partition coefficient (Wildman–Crippen LogP) is 1.87. The van der Waals surface area contributed by atoms with Gasteiger partial charge >= 0.3 is 0 Å².